The van der Waals surface area contributed by atoms with E-state index < -0.39 is 43.1 Å². The van der Waals surface area contributed by atoms with Gasteiger partial charge in [-0.1, -0.05) is 12.1 Å². The van der Waals surface area contributed by atoms with Crippen molar-refractivity contribution in [3.63, 3.8) is 0 Å². The van der Waals surface area contributed by atoms with Crippen molar-refractivity contribution in [1.82, 2.24) is 0 Å². The molecule has 0 aromatic heterocycles. The van der Waals surface area contributed by atoms with Crippen molar-refractivity contribution in [1.29, 1.82) is 0 Å². The minimum atomic E-state index is -4.80. The Hall–Kier alpha value is -3.39. The van der Waals surface area contributed by atoms with E-state index >= 15 is 0 Å². The van der Waals surface area contributed by atoms with Gasteiger partial charge in [-0.05, 0) is 47.3 Å². The molecule has 0 aliphatic heterocycles. The van der Waals surface area contributed by atoms with E-state index in [1.807, 2.05) is 0 Å². The molecule has 0 radical (unpaired) electrons. The summed E-state index contributed by atoms with van der Waals surface area (Å²) in [6.07, 6.45) is -0.173. The number of primary amides is 1. The molecule has 0 fully saturated rings. The highest BCUT2D eigenvalue weighted by Crippen LogP contribution is 2.35. The number of carbonyl (C=O) groups excluding carboxylic acids is 1. The number of benzene rings is 3. The normalized spacial score (nSPS) is 12.4. The van der Waals surface area contributed by atoms with E-state index in [9.17, 15) is 26.2 Å². The Kier molecular flexibility index (Phi) is 6.78. The van der Waals surface area contributed by atoms with Crippen LogP contribution in [0.4, 0.5) is 17.1 Å². The number of sulfone groups is 1. The van der Waals surface area contributed by atoms with Gasteiger partial charge in [-0.3, -0.25) is 9.35 Å². The maximum absolute atomic E-state index is 12.2. The Labute approximate surface area is 189 Å². The topological polar surface area (TPSA) is 203 Å². The smallest absolute Gasteiger partial charge is 0.297 e. The zero-order chi connectivity index (χ0) is 24.4. The van der Waals surface area contributed by atoms with Gasteiger partial charge in [0.25, 0.3) is 10.1 Å². The molecule has 3 aromatic carbocycles. The largest absolute Gasteiger partial charge is 0.399 e. The first-order chi connectivity index (χ1) is 15.4. The summed E-state index contributed by atoms with van der Waals surface area (Å²) in [6.45, 7) is -0.571. The average molecular weight is 493 g/mol. The second-order valence-corrected chi connectivity index (χ2v) is 10.5. The van der Waals surface area contributed by atoms with E-state index in [-0.39, 0.29) is 33.5 Å². The molecule has 0 saturated heterocycles. The molecular weight excluding hydrogens is 472 g/mol. The number of nitrogens with zero attached hydrogens (tertiary/aromatic N) is 2. The van der Waals surface area contributed by atoms with Crippen LogP contribution in [-0.4, -0.2) is 44.8 Å². The van der Waals surface area contributed by atoms with Crippen LogP contribution in [0.15, 0.2) is 68.6 Å². The highest BCUT2D eigenvalue weighted by atomic mass is 32.2. The molecule has 1 amide bonds. The van der Waals surface area contributed by atoms with Crippen molar-refractivity contribution >= 4 is 53.7 Å². The Morgan fingerprint density at radius 1 is 0.939 bits per heavy atom. The number of azo groups is 1. The molecule has 0 heterocycles. The molecule has 0 atom stereocenters. The number of amides is 1. The molecule has 0 bridgehead atoms. The SMILES string of the molecule is NC(=O)Cc1cc(N)ccc1N=Nc1ccc2cc(S(=O)(=O)CCO)ccc2c1S(=O)(=O)O. The van der Waals surface area contributed by atoms with Gasteiger partial charge in [-0.15, -0.1) is 5.11 Å². The van der Waals surface area contributed by atoms with E-state index in [0.29, 0.717) is 11.3 Å². The molecule has 0 aliphatic carbocycles. The van der Waals surface area contributed by atoms with Crippen LogP contribution in [0.1, 0.15) is 5.56 Å². The molecular formula is C20H20N4O7S2. The Bertz CT molecular complexity index is 1480. The van der Waals surface area contributed by atoms with Crippen molar-refractivity contribution in [2.75, 3.05) is 18.1 Å². The van der Waals surface area contributed by atoms with E-state index in [1.165, 1.54) is 48.5 Å². The van der Waals surface area contributed by atoms with Gasteiger partial charge < -0.3 is 16.6 Å². The van der Waals surface area contributed by atoms with E-state index in [4.69, 9.17) is 16.6 Å². The lowest BCUT2D eigenvalue weighted by atomic mass is 10.1. The number of hydrogen-bond acceptors (Lipinski definition) is 9. The molecule has 6 N–H and O–H groups in total. The fraction of sp³-hybridized carbons (Fsp3) is 0.150. The maximum atomic E-state index is 12.2. The summed E-state index contributed by atoms with van der Waals surface area (Å²) in [5.41, 5.74) is 11.7. The quantitative estimate of drug-likeness (QED) is 0.207. The zero-order valence-electron chi connectivity index (χ0n) is 17.0. The number of nitrogen functional groups attached to an aromatic ring is 1. The van der Waals surface area contributed by atoms with Crippen LogP contribution < -0.4 is 11.5 Å². The van der Waals surface area contributed by atoms with Gasteiger partial charge in [-0.25, -0.2) is 8.42 Å². The standard InChI is InChI=1S/C20H20N4O7S2/c21-14-2-6-17(13(9-14)11-19(22)26)23-24-18-5-1-12-10-15(32(27,28)8-7-25)3-4-16(12)20(18)33(29,30)31/h1-6,9-10,25H,7-8,11,21H2,(H2,22,26)(H,29,30,31). The first kappa shape index (κ1) is 24.3. The summed E-state index contributed by atoms with van der Waals surface area (Å²) < 4.78 is 58.5. The molecule has 0 spiro atoms. The number of anilines is 1. The summed E-state index contributed by atoms with van der Waals surface area (Å²) in [6, 6.07) is 10.8. The van der Waals surface area contributed by atoms with Crippen LogP contribution in [0.5, 0.6) is 0 Å². The predicted molar refractivity (Wildman–Crippen MR) is 121 cm³/mol. The molecule has 0 aliphatic rings. The van der Waals surface area contributed by atoms with Crippen molar-refractivity contribution in [2.24, 2.45) is 16.0 Å². The van der Waals surface area contributed by atoms with Crippen LogP contribution in [0.3, 0.4) is 0 Å². The second kappa shape index (κ2) is 9.23. The van der Waals surface area contributed by atoms with Gasteiger partial charge in [0.05, 0.1) is 29.4 Å². The van der Waals surface area contributed by atoms with Crippen LogP contribution in [-0.2, 0) is 31.2 Å². The number of fused-ring (bicyclic) bond motifs is 1. The molecule has 0 unspecified atom stereocenters. The lowest BCUT2D eigenvalue weighted by Gasteiger charge is -2.10. The lowest BCUT2D eigenvalue weighted by molar-refractivity contribution is -0.117. The van der Waals surface area contributed by atoms with Gasteiger partial charge in [0.15, 0.2) is 9.84 Å². The van der Waals surface area contributed by atoms with Crippen LogP contribution in [0.25, 0.3) is 10.8 Å². The van der Waals surface area contributed by atoms with Crippen molar-refractivity contribution in [3.05, 3.63) is 54.1 Å². The third-order valence-corrected chi connectivity index (χ3v) is 7.27. The highest BCUT2D eigenvalue weighted by molar-refractivity contribution is 7.91. The summed E-state index contributed by atoms with van der Waals surface area (Å²) in [5.74, 6) is -1.13. The van der Waals surface area contributed by atoms with Crippen LogP contribution in [0.2, 0.25) is 0 Å². The first-order valence-electron chi connectivity index (χ1n) is 9.38. The fourth-order valence-electron chi connectivity index (χ4n) is 3.19. The number of aliphatic hydroxyl groups excluding tert-OH is 1. The van der Waals surface area contributed by atoms with Crippen LogP contribution in [0, 0.1) is 0 Å². The molecule has 174 valence electrons. The van der Waals surface area contributed by atoms with Crippen molar-refractivity contribution in [3.8, 4) is 0 Å². The summed E-state index contributed by atoms with van der Waals surface area (Å²) in [7, 11) is -8.57. The Morgan fingerprint density at radius 3 is 2.24 bits per heavy atom. The average Bonchev–Trinajstić information content (AvgIpc) is 2.71. The molecule has 3 rings (SSSR count). The van der Waals surface area contributed by atoms with E-state index in [1.54, 1.807) is 0 Å². The summed E-state index contributed by atoms with van der Waals surface area (Å²) in [5, 5.41) is 17.1. The third-order valence-electron chi connectivity index (χ3n) is 4.63. The van der Waals surface area contributed by atoms with Gasteiger partial charge in [0.2, 0.25) is 5.91 Å². The molecule has 3 aromatic rings. The number of carbonyl (C=O) groups is 1. The molecule has 11 nitrogen and oxygen atoms in total. The van der Waals surface area contributed by atoms with Gasteiger partial charge in [-0.2, -0.15) is 13.5 Å². The van der Waals surface area contributed by atoms with Gasteiger partial charge in [0.1, 0.15) is 10.6 Å². The Morgan fingerprint density at radius 2 is 1.61 bits per heavy atom. The minimum absolute atomic E-state index is 0.0200. The number of hydrogen-bond donors (Lipinski definition) is 4. The summed E-state index contributed by atoms with van der Waals surface area (Å²) in [4.78, 5) is 10.6. The number of rotatable bonds is 8. The van der Waals surface area contributed by atoms with Crippen molar-refractivity contribution < 1.29 is 31.3 Å². The van der Waals surface area contributed by atoms with Crippen LogP contribution >= 0.6 is 0 Å². The highest BCUT2D eigenvalue weighted by Gasteiger charge is 2.22. The zero-order valence-corrected chi connectivity index (χ0v) is 18.7. The lowest BCUT2D eigenvalue weighted by Crippen LogP contribution is -2.13. The molecule has 33 heavy (non-hydrogen) atoms. The fourth-order valence-corrected chi connectivity index (χ4v) is 5.08. The minimum Gasteiger partial charge on any atom is -0.399 e. The third kappa shape index (κ3) is 5.51. The molecule has 0 saturated carbocycles. The maximum Gasteiger partial charge on any atom is 0.297 e. The van der Waals surface area contributed by atoms with Gasteiger partial charge in [0, 0.05) is 11.1 Å². The monoisotopic (exact) mass is 492 g/mol. The van der Waals surface area contributed by atoms with E-state index in [2.05, 4.69) is 10.2 Å². The second-order valence-electron chi connectivity index (χ2n) is 7.05. The number of aliphatic hydroxyl groups is 1. The summed E-state index contributed by atoms with van der Waals surface area (Å²) >= 11 is 0. The molecule has 13 heteroatoms. The van der Waals surface area contributed by atoms with E-state index in [0.717, 1.165) is 0 Å². The predicted octanol–water partition coefficient (Wildman–Crippen LogP) is 1.88. The number of nitrogens with two attached hydrogens (primary N) is 2. The van der Waals surface area contributed by atoms with Gasteiger partial charge >= 0.3 is 0 Å². The Balaban J connectivity index is 2.16. The first-order valence-corrected chi connectivity index (χ1v) is 12.5. The van der Waals surface area contributed by atoms with Crippen molar-refractivity contribution in [2.45, 2.75) is 16.2 Å².